The number of aromatic nitrogens is 2. The second-order valence-electron chi connectivity index (χ2n) is 4.43. The summed E-state index contributed by atoms with van der Waals surface area (Å²) in [4.78, 5) is 0. The van der Waals surface area contributed by atoms with Crippen LogP contribution in [-0.4, -0.2) is 9.78 Å². The van der Waals surface area contributed by atoms with Gasteiger partial charge in [-0.05, 0) is 32.9 Å². The quantitative estimate of drug-likeness (QED) is 0.800. The Balaban J connectivity index is 3.42. The van der Waals surface area contributed by atoms with Crippen molar-refractivity contribution in [1.82, 2.24) is 9.78 Å². The van der Waals surface area contributed by atoms with Crippen molar-refractivity contribution in [3.63, 3.8) is 0 Å². The minimum absolute atomic E-state index is 0.387. The molecule has 0 atom stereocenters. The van der Waals surface area contributed by atoms with Crippen LogP contribution in [0.2, 0.25) is 0 Å². The van der Waals surface area contributed by atoms with Gasteiger partial charge in [-0.2, -0.15) is 5.10 Å². The molecule has 1 aromatic rings. The van der Waals surface area contributed by atoms with Gasteiger partial charge in [-0.3, -0.25) is 4.68 Å². The average molecular weight is 223 g/mol. The Morgan fingerprint density at radius 2 is 2.12 bits per heavy atom. The Bertz CT molecular complexity index is 436. The summed E-state index contributed by atoms with van der Waals surface area (Å²) in [6.07, 6.45) is 2.58. The van der Waals surface area contributed by atoms with Crippen molar-refractivity contribution in [2.45, 2.75) is 26.3 Å². The van der Waals surface area contributed by atoms with Crippen LogP contribution in [0, 0.1) is 6.92 Å². The molecule has 0 saturated carbocycles. The first kappa shape index (κ1) is 12.6. The lowest BCUT2D eigenvalue weighted by Gasteiger charge is -2.16. The van der Waals surface area contributed by atoms with Crippen LogP contribution in [0.15, 0.2) is 18.5 Å². The van der Waals surface area contributed by atoms with Gasteiger partial charge in [0, 0.05) is 18.3 Å². The van der Waals surface area contributed by atoms with Gasteiger partial charge in [-0.15, -0.1) is 0 Å². The summed E-state index contributed by atoms with van der Waals surface area (Å²) >= 11 is 0. The Kier molecular flexibility index (Phi) is 3.33. The number of halogens is 1. The van der Waals surface area contributed by atoms with Gasteiger partial charge in [0.1, 0.15) is 5.83 Å². The molecule has 1 heterocycles. The largest absolute Gasteiger partial charge is 0.320 e. The first-order valence-electron chi connectivity index (χ1n) is 5.10. The fourth-order valence-electron chi connectivity index (χ4n) is 1.47. The predicted molar refractivity (Wildman–Crippen MR) is 64.4 cm³/mol. The van der Waals surface area contributed by atoms with Crippen LogP contribution in [0.25, 0.3) is 6.08 Å². The maximum atomic E-state index is 13.2. The van der Waals surface area contributed by atoms with Crippen LogP contribution < -0.4 is 5.73 Å². The number of nitrogens with two attached hydrogens (primary N) is 1. The van der Waals surface area contributed by atoms with Gasteiger partial charge < -0.3 is 5.73 Å². The molecule has 16 heavy (non-hydrogen) atoms. The van der Waals surface area contributed by atoms with Crippen molar-refractivity contribution >= 4 is 6.08 Å². The summed E-state index contributed by atoms with van der Waals surface area (Å²) < 4.78 is 14.9. The van der Waals surface area contributed by atoms with Crippen LogP contribution in [0.5, 0.6) is 0 Å². The summed E-state index contributed by atoms with van der Waals surface area (Å²) in [5, 5.41) is 4.31. The predicted octanol–water partition coefficient (Wildman–Crippen LogP) is 2.42. The van der Waals surface area contributed by atoms with Gasteiger partial charge in [-0.1, -0.05) is 6.58 Å². The lowest BCUT2D eigenvalue weighted by atomic mass is 9.97. The molecule has 0 unspecified atom stereocenters. The zero-order chi connectivity index (χ0) is 12.5. The van der Waals surface area contributed by atoms with Gasteiger partial charge in [-0.25, -0.2) is 4.39 Å². The molecule has 0 aliphatic carbocycles. The molecule has 0 aromatic carbocycles. The molecule has 0 radical (unpaired) electrons. The smallest absolute Gasteiger partial charge is 0.123 e. The summed E-state index contributed by atoms with van der Waals surface area (Å²) in [5.74, 6) is -0.387. The van der Waals surface area contributed by atoms with E-state index in [0.29, 0.717) is 5.69 Å². The molecule has 1 aromatic heterocycles. The minimum atomic E-state index is -0.598. The second-order valence-corrected chi connectivity index (χ2v) is 4.43. The molecule has 0 aliphatic heterocycles. The van der Waals surface area contributed by atoms with Crippen LogP contribution in [-0.2, 0) is 12.6 Å². The fraction of sp³-hybridized carbons (Fsp3) is 0.417. The van der Waals surface area contributed by atoms with Gasteiger partial charge in [0.25, 0.3) is 0 Å². The summed E-state index contributed by atoms with van der Waals surface area (Å²) in [7, 11) is 1.81. The van der Waals surface area contributed by atoms with Crippen molar-refractivity contribution in [2.75, 3.05) is 0 Å². The molecule has 0 spiro atoms. The molecule has 0 aliphatic rings. The lowest BCUT2D eigenvalue weighted by molar-refractivity contribution is 0.521. The van der Waals surface area contributed by atoms with E-state index in [0.717, 1.165) is 11.3 Å². The van der Waals surface area contributed by atoms with Crippen molar-refractivity contribution < 1.29 is 4.39 Å². The van der Waals surface area contributed by atoms with E-state index >= 15 is 0 Å². The molecule has 3 nitrogen and oxygen atoms in total. The normalized spacial score (nSPS) is 13.0. The molecule has 88 valence electrons. The standard InChI is InChI=1S/C12H18FN3/c1-6-9(13)7-10-8(2)16(5)15-11(10)12(3,4)14/h6-7H,1,14H2,2-5H3/b9-7+. The van der Waals surface area contributed by atoms with Crippen LogP contribution >= 0.6 is 0 Å². The van der Waals surface area contributed by atoms with Gasteiger partial charge in [0.15, 0.2) is 0 Å². The third-order valence-electron chi connectivity index (χ3n) is 2.47. The van der Waals surface area contributed by atoms with E-state index in [-0.39, 0.29) is 5.83 Å². The highest BCUT2D eigenvalue weighted by molar-refractivity contribution is 5.59. The van der Waals surface area contributed by atoms with E-state index < -0.39 is 5.54 Å². The van der Waals surface area contributed by atoms with Gasteiger partial charge in [0.2, 0.25) is 0 Å². The molecule has 0 bridgehead atoms. The molecular formula is C12H18FN3. The summed E-state index contributed by atoms with van der Waals surface area (Å²) in [5.41, 5.74) is 7.70. The number of rotatable bonds is 3. The Hall–Kier alpha value is -1.42. The third kappa shape index (κ3) is 2.39. The molecule has 0 amide bonds. The molecule has 0 fully saturated rings. The maximum absolute atomic E-state index is 13.2. The zero-order valence-corrected chi connectivity index (χ0v) is 10.2. The molecule has 1 rings (SSSR count). The molecule has 2 N–H and O–H groups in total. The van der Waals surface area contributed by atoms with Crippen LogP contribution in [0.1, 0.15) is 30.8 Å². The maximum Gasteiger partial charge on any atom is 0.123 e. The Morgan fingerprint density at radius 1 is 1.56 bits per heavy atom. The summed E-state index contributed by atoms with van der Waals surface area (Å²) in [6, 6.07) is 0. The highest BCUT2D eigenvalue weighted by atomic mass is 19.1. The molecular weight excluding hydrogens is 205 g/mol. The number of aryl methyl sites for hydroxylation is 1. The molecule has 4 heteroatoms. The highest BCUT2D eigenvalue weighted by Gasteiger charge is 2.23. The Labute approximate surface area is 95.4 Å². The average Bonchev–Trinajstić information content (AvgIpc) is 2.45. The fourth-order valence-corrected chi connectivity index (χ4v) is 1.47. The number of hydrogen-bond acceptors (Lipinski definition) is 2. The van der Waals surface area contributed by atoms with E-state index in [1.807, 2.05) is 27.8 Å². The van der Waals surface area contributed by atoms with Crippen LogP contribution in [0.4, 0.5) is 4.39 Å². The highest BCUT2D eigenvalue weighted by Crippen LogP contribution is 2.25. The Morgan fingerprint density at radius 3 is 2.56 bits per heavy atom. The summed E-state index contributed by atoms with van der Waals surface area (Å²) in [6.45, 7) is 8.95. The van der Waals surface area contributed by atoms with Gasteiger partial charge >= 0.3 is 0 Å². The topological polar surface area (TPSA) is 43.8 Å². The second kappa shape index (κ2) is 4.22. The minimum Gasteiger partial charge on any atom is -0.320 e. The monoisotopic (exact) mass is 223 g/mol. The number of allylic oxidation sites excluding steroid dienone is 2. The van der Waals surface area contributed by atoms with E-state index in [1.165, 1.54) is 12.2 Å². The van der Waals surface area contributed by atoms with Crippen molar-refractivity contribution in [2.24, 2.45) is 12.8 Å². The molecule has 0 saturated heterocycles. The van der Waals surface area contributed by atoms with E-state index in [1.54, 1.807) is 4.68 Å². The van der Waals surface area contributed by atoms with E-state index in [9.17, 15) is 4.39 Å². The third-order valence-corrected chi connectivity index (χ3v) is 2.47. The first-order valence-corrected chi connectivity index (χ1v) is 5.10. The SMILES string of the molecule is C=C/C(F)=C\c1c(C(C)(C)N)nn(C)c1C. The van der Waals surface area contributed by atoms with E-state index in [4.69, 9.17) is 5.73 Å². The zero-order valence-electron chi connectivity index (χ0n) is 10.2. The van der Waals surface area contributed by atoms with Crippen molar-refractivity contribution in [1.29, 1.82) is 0 Å². The van der Waals surface area contributed by atoms with Crippen molar-refractivity contribution in [3.8, 4) is 0 Å². The number of hydrogen-bond donors (Lipinski definition) is 1. The van der Waals surface area contributed by atoms with E-state index in [2.05, 4.69) is 11.7 Å². The van der Waals surface area contributed by atoms with Gasteiger partial charge in [0.05, 0.1) is 11.2 Å². The van der Waals surface area contributed by atoms with Crippen LogP contribution in [0.3, 0.4) is 0 Å². The van der Waals surface area contributed by atoms with Crippen molar-refractivity contribution in [3.05, 3.63) is 35.4 Å². The first-order chi connectivity index (χ1) is 7.27. The number of nitrogens with zero attached hydrogens (tertiary/aromatic N) is 2. The lowest BCUT2D eigenvalue weighted by Crippen LogP contribution is -2.30.